The van der Waals surface area contributed by atoms with E-state index in [1.807, 2.05) is 6.92 Å². The van der Waals surface area contributed by atoms with Crippen molar-refractivity contribution in [2.24, 2.45) is 4.99 Å². The van der Waals surface area contributed by atoms with Crippen molar-refractivity contribution in [1.82, 2.24) is 20.5 Å². The van der Waals surface area contributed by atoms with Gasteiger partial charge in [0.25, 0.3) is 0 Å². The number of nitrogens with one attached hydrogen (secondary N) is 2. The summed E-state index contributed by atoms with van der Waals surface area (Å²) in [5.41, 5.74) is -0.792. The number of rotatable bonds is 7. The van der Waals surface area contributed by atoms with E-state index < -0.39 is 11.7 Å². The lowest BCUT2D eigenvalue weighted by molar-refractivity contribution is -0.137. The van der Waals surface area contributed by atoms with Gasteiger partial charge in [-0.2, -0.15) is 13.2 Å². The maximum Gasteiger partial charge on any atom is 0.417 e. The molecule has 0 bridgehead atoms. The fourth-order valence-electron chi connectivity index (χ4n) is 3.01. The summed E-state index contributed by atoms with van der Waals surface area (Å²) >= 11 is 0. The SMILES string of the molecule is CCNC(=NCCOc1ccc(C(F)(F)F)cn1)NC1CCN(C(C)C)CC1.I. The third-order valence-corrected chi connectivity index (χ3v) is 4.62. The van der Waals surface area contributed by atoms with Gasteiger partial charge in [-0.25, -0.2) is 9.98 Å². The van der Waals surface area contributed by atoms with E-state index in [4.69, 9.17) is 4.74 Å². The number of hydrogen-bond acceptors (Lipinski definition) is 4. The summed E-state index contributed by atoms with van der Waals surface area (Å²) in [5.74, 6) is 0.886. The van der Waals surface area contributed by atoms with Crippen LogP contribution in [0.25, 0.3) is 0 Å². The highest BCUT2D eigenvalue weighted by Gasteiger charge is 2.30. The highest BCUT2D eigenvalue weighted by atomic mass is 127. The number of piperidine rings is 1. The Bertz CT molecular complexity index is 617. The van der Waals surface area contributed by atoms with Gasteiger partial charge in [-0.05, 0) is 39.7 Å². The fraction of sp³-hybridized carbons (Fsp3) is 0.684. The van der Waals surface area contributed by atoms with Gasteiger partial charge in [-0.3, -0.25) is 0 Å². The predicted octanol–water partition coefficient (Wildman–Crippen LogP) is 3.53. The summed E-state index contributed by atoms with van der Waals surface area (Å²) in [6, 6.07) is 3.13. The molecule has 6 nitrogen and oxygen atoms in total. The van der Waals surface area contributed by atoms with Crippen LogP contribution in [0.3, 0.4) is 0 Å². The number of guanidine groups is 1. The summed E-state index contributed by atoms with van der Waals surface area (Å²) in [4.78, 5) is 10.6. The number of nitrogens with zero attached hydrogens (tertiary/aromatic N) is 3. The molecule has 0 saturated carbocycles. The molecule has 29 heavy (non-hydrogen) atoms. The van der Waals surface area contributed by atoms with Crippen LogP contribution in [-0.4, -0.2) is 60.7 Å². The standard InChI is InChI=1S/C19H30F3N5O.HI/c1-4-23-18(26-16-7-10-27(11-8-16)14(2)3)24-9-12-28-17-6-5-15(13-25-17)19(20,21)22;/h5-6,13-14,16H,4,7-12H2,1-3H3,(H2,23,24,26);1H. The van der Waals surface area contributed by atoms with E-state index in [9.17, 15) is 13.2 Å². The molecule has 10 heteroatoms. The Morgan fingerprint density at radius 2 is 2.00 bits per heavy atom. The topological polar surface area (TPSA) is 61.8 Å². The molecule has 1 aromatic heterocycles. The molecule has 1 saturated heterocycles. The van der Waals surface area contributed by atoms with Crippen molar-refractivity contribution >= 4 is 29.9 Å². The average molecular weight is 529 g/mol. The lowest BCUT2D eigenvalue weighted by Crippen LogP contribution is -2.50. The van der Waals surface area contributed by atoms with Crippen molar-refractivity contribution in [1.29, 1.82) is 0 Å². The molecule has 166 valence electrons. The van der Waals surface area contributed by atoms with Crippen LogP contribution in [0.1, 0.15) is 39.2 Å². The molecular weight excluding hydrogens is 498 g/mol. The number of hydrogen-bond donors (Lipinski definition) is 2. The molecule has 0 spiro atoms. The average Bonchev–Trinajstić information content (AvgIpc) is 2.65. The lowest BCUT2D eigenvalue weighted by atomic mass is 10.0. The summed E-state index contributed by atoms with van der Waals surface area (Å²) in [7, 11) is 0. The van der Waals surface area contributed by atoms with Crippen LogP contribution in [-0.2, 0) is 6.18 Å². The molecule has 2 rings (SSSR count). The predicted molar refractivity (Wildman–Crippen MR) is 119 cm³/mol. The Morgan fingerprint density at radius 3 is 2.52 bits per heavy atom. The zero-order valence-corrected chi connectivity index (χ0v) is 19.5. The third kappa shape index (κ3) is 8.93. The van der Waals surface area contributed by atoms with Crippen LogP contribution < -0.4 is 15.4 Å². The number of aliphatic imine (C=N–C) groups is 1. The molecule has 0 radical (unpaired) electrons. The van der Waals surface area contributed by atoms with Crippen molar-refractivity contribution in [2.75, 3.05) is 32.8 Å². The van der Waals surface area contributed by atoms with E-state index in [0.29, 0.717) is 18.6 Å². The maximum absolute atomic E-state index is 12.5. The number of halogens is 4. The van der Waals surface area contributed by atoms with E-state index in [-0.39, 0.29) is 36.5 Å². The molecule has 0 aromatic carbocycles. The Hall–Kier alpha value is -1.30. The zero-order valence-electron chi connectivity index (χ0n) is 17.1. The van der Waals surface area contributed by atoms with Gasteiger partial charge in [0.2, 0.25) is 5.88 Å². The van der Waals surface area contributed by atoms with E-state index >= 15 is 0 Å². The highest BCUT2D eigenvalue weighted by Crippen LogP contribution is 2.29. The van der Waals surface area contributed by atoms with Gasteiger partial charge < -0.3 is 20.3 Å². The van der Waals surface area contributed by atoms with Crippen LogP contribution in [0.5, 0.6) is 5.88 Å². The summed E-state index contributed by atoms with van der Waals surface area (Å²) in [6.07, 6.45) is -1.50. The normalized spacial score (nSPS) is 16.4. The van der Waals surface area contributed by atoms with Crippen molar-refractivity contribution in [2.45, 2.75) is 51.9 Å². The van der Waals surface area contributed by atoms with E-state index in [1.54, 1.807) is 0 Å². The van der Waals surface area contributed by atoms with Gasteiger partial charge in [-0.1, -0.05) is 0 Å². The Balaban J connectivity index is 0.00000420. The largest absolute Gasteiger partial charge is 0.476 e. The van der Waals surface area contributed by atoms with Crippen LogP contribution in [0, 0.1) is 0 Å². The second-order valence-electron chi connectivity index (χ2n) is 7.04. The van der Waals surface area contributed by atoms with Crippen molar-refractivity contribution < 1.29 is 17.9 Å². The molecule has 2 N–H and O–H groups in total. The van der Waals surface area contributed by atoms with Crippen LogP contribution >= 0.6 is 24.0 Å². The molecule has 1 aliphatic rings. The summed E-state index contributed by atoms with van der Waals surface area (Å²) in [6.45, 7) is 9.92. The Morgan fingerprint density at radius 1 is 1.31 bits per heavy atom. The number of alkyl halides is 3. The molecule has 1 aromatic rings. The van der Waals surface area contributed by atoms with Crippen LogP contribution in [0.2, 0.25) is 0 Å². The maximum atomic E-state index is 12.5. The molecular formula is C19H31F3IN5O. The molecule has 1 aliphatic heterocycles. The second-order valence-corrected chi connectivity index (χ2v) is 7.04. The van der Waals surface area contributed by atoms with Gasteiger partial charge in [0, 0.05) is 44.0 Å². The molecule has 2 heterocycles. The van der Waals surface area contributed by atoms with E-state index in [0.717, 1.165) is 50.7 Å². The Labute approximate surface area is 187 Å². The molecule has 0 aliphatic carbocycles. The second kappa shape index (κ2) is 12.4. The van der Waals surface area contributed by atoms with Crippen molar-refractivity contribution in [3.63, 3.8) is 0 Å². The van der Waals surface area contributed by atoms with E-state index in [2.05, 4.69) is 39.4 Å². The van der Waals surface area contributed by atoms with Crippen LogP contribution in [0.15, 0.2) is 23.3 Å². The van der Waals surface area contributed by atoms with Gasteiger partial charge in [0.1, 0.15) is 6.61 Å². The smallest absolute Gasteiger partial charge is 0.417 e. The molecule has 0 unspecified atom stereocenters. The third-order valence-electron chi connectivity index (χ3n) is 4.62. The summed E-state index contributed by atoms with van der Waals surface area (Å²) in [5, 5.41) is 6.67. The minimum Gasteiger partial charge on any atom is -0.476 e. The van der Waals surface area contributed by atoms with Crippen molar-refractivity contribution in [3.8, 4) is 5.88 Å². The number of aromatic nitrogens is 1. The number of likely N-dealkylation sites (tertiary alicyclic amines) is 1. The van der Waals surface area contributed by atoms with Crippen molar-refractivity contribution in [3.05, 3.63) is 23.9 Å². The number of ether oxygens (including phenoxy) is 1. The zero-order chi connectivity index (χ0) is 20.6. The summed E-state index contributed by atoms with van der Waals surface area (Å²) < 4.78 is 43.0. The van der Waals surface area contributed by atoms with E-state index in [1.165, 1.54) is 6.07 Å². The van der Waals surface area contributed by atoms with Gasteiger partial charge >= 0.3 is 6.18 Å². The number of pyridine rings is 1. The van der Waals surface area contributed by atoms with Gasteiger partial charge in [-0.15, -0.1) is 24.0 Å². The fourth-order valence-corrected chi connectivity index (χ4v) is 3.01. The molecule has 0 atom stereocenters. The quantitative estimate of drug-likeness (QED) is 0.245. The first-order valence-corrected chi connectivity index (χ1v) is 9.74. The lowest BCUT2D eigenvalue weighted by Gasteiger charge is -2.35. The highest BCUT2D eigenvalue weighted by molar-refractivity contribution is 14.0. The first-order chi connectivity index (χ1) is 13.3. The van der Waals surface area contributed by atoms with Crippen LogP contribution in [0.4, 0.5) is 13.2 Å². The first kappa shape index (κ1) is 25.7. The minimum absolute atomic E-state index is 0. The minimum atomic E-state index is -4.40. The molecule has 1 fully saturated rings. The Kier molecular flexibility index (Phi) is 11.0. The van der Waals surface area contributed by atoms with Gasteiger partial charge in [0.05, 0.1) is 12.1 Å². The molecule has 0 amide bonds. The first-order valence-electron chi connectivity index (χ1n) is 9.74. The van der Waals surface area contributed by atoms with Gasteiger partial charge in [0.15, 0.2) is 5.96 Å². The monoisotopic (exact) mass is 529 g/mol.